The van der Waals surface area contributed by atoms with Crippen LogP contribution in [0.3, 0.4) is 0 Å². The predicted molar refractivity (Wildman–Crippen MR) is 199 cm³/mol. The van der Waals surface area contributed by atoms with Gasteiger partial charge in [0.2, 0.25) is 11.6 Å². The second-order valence-electron chi connectivity index (χ2n) is 13.0. The molecule has 4 aromatic rings. The molecule has 4 N–H and O–H groups in total. The maximum absolute atomic E-state index is 17.3. The summed E-state index contributed by atoms with van der Waals surface area (Å²) in [6.45, 7) is 6.62. The van der Waals surface area contributed by atoms with Crippen molar-refractivity contribution in [1.29, 1.82) is 0 Å². The molecule has 1 aliphatic rings. The summed E-state index contributed by atoms with van der Waals surface area (Å²) in [6.07, 6.45) is 11.4. The molecule has 0 heterocycles. The molecule has 8 heteroatoms. The van der Waals surface area contributed by atoms with Crippen LogP contribution in [0.2, 0.25) is 0 Å². The Balaban J connectivity index is 1.74. The van der Waals surface area contributed by atoms with Crippen LogP contribution in [0.1, 0.15) is 128 Å². The van der Waals surface area contributed by atoms with Gasteiger partial charge in [-0.2, -0.15) is 0 Å². The summed E-state index contributed by atoms with van der Waals surface area (Å²) >= 11 is 0. The van der Waals surface area contributed by atoms with Crippen molar-refractivity contribution in [2.75, 3.05) is 17.2 Å². The number of halogens is 1. The van der Waals surface area contributed by atoms with E-state index in [1.807, 2.05) is 48.5 Å². The second-order valence-corrected chi connectivity index (χ2v) is 13.0. The third-order valence-corrected chi connectivity index (χ3v) is 9.36. The van der Waals surface area contributed by atoms with Crippen LogP contribution in [0.4, 0.5) is 27.1 Å². The van der Waals surface area contributed by atoms with Gasteiger partial charge in [-0.3, -0.25) is 9.59 Å². The summed E-state index contributed by atoms with van der Waals surface area (Å²) in [4.78, 5) is 28.5. The van der Waals surface area contributed by atoms with Crippen molar-refractivity contribution in [2.24, 2.45) is 0 Å². The number of hydrogen-bond donors (Lipinski definition) is 4. The number of aryl methyl sites for hydroxylation is 2. The number of hydrogen-bond acceptors (Lipinski definition) is 7. The van der Waals surface area contributed by atoms with Gasteiger partial charge in [0.25, 0.3) is 0 Å². The Kier molecular flexibility index (Phi) is 12.5. The van der Waals surface area contributed by atoms with Gasteiger partial charge in [0.1, 0.15) is 22.9 Å². The Bertz CT molecular complexity index is 1840. The van der Waals surface area contributed by atoms with E-state index < -0.39 is 40.0 Å². The van der Waals surface area contributed by atoms with Crippen molar-refractivity contribution in [3.05, 3.63) is 99.9 Å². The van der Waals surface area contributed by atoms with Crippen LogP contribution in [-0.4, -0.2) is 28.4 Å². The van der Waals surface area contributed by atoms with Crippen LogP contribution in [0, 0.1) is 5.82 Å². The Morgan fingerprint density at radius 2 is 1.06 bits per heavy atom. The summed E-state index contributed by atoms with van der Waals surface area (Å²) in [5, 5.41) is 28.3. The molecule has 50 heavy (non-hydrogen) atoms. The summed E-state index contributed by atoms with van der Waals surface area (Å²) in [6, 6.07) is 17.7. The van der Waals surface area contributed by atoms with Crippen molar-refractivity contribution >= 4 is 34.3 Å². The molecule has 5 rings (SSSR count). The number of para-hydroxylation sites is 2. The normalized spacial score (nSPS) is 12.1. The SMILES string of the molecule is CCCCCCCCOc1c(Nc2ccccc2CCCC)c(Nc2ccccc2CCCC)c(F)c2c1C(=O)c1c(O)ccc(O)c1C2=O. The first-order valence-electron chi connectivity index (χ1n) is 18.2. The number of benzene rings is 4. The second kappa shape index (κ2) is 17.2. The Morgan fingerprint density at radius 3 is 1.62 bits per heavy atom. The van der Waals surface area contributed by atoms with Crippen LogP contribution in [-0.2, 0) is 12.8 Å². The van der Waals surface area contributed by atoms with E-state index in [-0.39, 0.29) is 34.9 Å². The summed E-state index contributed by atoms with van der Waals surface area (Å²) in [5.74, 6) is -3.60. The molecule has 0 radical (unpaired) electrons. The number of carbonyl (C=O) groups is 2. The lowest BCUT2D eigenvalue weighted by Crippen LogP contribution is -2.25. The number of rotatable bonds is 18. The van der Waals surface area contributed by atoms with Gasteiger partial charge in [0.05, 0.1) is 28.9 Å². The number of ketones is 2. The molecule has 0 bridgehead atoms. The van der Waals surface area contributed by atoms with E-state index in [9.17, 15) is 19.8 Å². The van der Waals surface area contributed by atoms with Crippen LogP contribution in [0.15, 0.2) is 60.7 Å². The molecule has 0 saturated carbocycles. The number of nitrogens with one attached hydrogen (secondary N) is 2. The van der Waals surface area contributed by atoms with Gasteiger partial charge in [-0.25, -0.2) is 4.39 Å². The third-order valence-electron chi connectivity index (χ3n) is 9.36. The van der Waals surface area contributed by atoms with Crippen molar-refractivity contribution < 1.29 is 28.9 Å². The van der Waals surface area contributed by atoms with Crippen LogP contribution >= 0.6 is 0 Å². The average molecular weight is 681 g/mol. The standard InChI is InChI=1S/C42H49FN2O5/c1-4-7-10-11-12-17-26-50-42-36-35(40(48)33-31(46)24-25-32(47)34(33)41(36)49)37(43)38(44-29-22-15-13-20-27(29)18-8-5-2)39(42)45-30-23-16-14-21-28(30)19-9-6-3/h13-16,20-25,44-47H,4-12,17-19,26H2,1-3H3. The molecule has 0 unspecified atom stereocenters. The van der Waals surface area contributed by atoms with Crippen LogP contribution in [0.25, 0.3) is 0 Å². The predicted octanol–water partition coefficient (Wildman–Crippen LogP) is 10.9. The molecule has 0 fully saturated rings. The monoisotopic (exact) mass is 680 g/mol. The zero-order valence-corrected chi connectivity index (χ0v) is 29.5. The smallest absolute Gasteiger partial charge is 0.202 e. The maximum atomic E-state index is 17.3. The van der Waals surface area contributed by atoms with Gasteiger partial charge in [-0.15, -0.1) is 0 Å². The number of phenolic OH excluding ortho intramolecular Hbond substituents is 2. The highest BCUT2D eigenvalue weighted by atomic mass is 19.1. The molecule has 0 atom stereocenters. The van der Waals surface area contributed by atoms with Crippen molar-refractivity contribution in [2.45, 2.75) is 97.8 Å². The Labute approximate surface area is 294 Å². The van der Waals surface area contributed by atoms with Crippen molar-refractivity contribution in [3.63, 3.8) is 0 Å². The minimum atomic E-state index is -0.947. The fraction of sp³-hybridized carbons (Fsp3) is 0.381. The number of aromatic hydroxyl groups is 2. The Morgan fingerprint density at radius 1 is 0.580 bits per heavy atom. The third kappa shape index (κ3) is 7.80. The summed E-state index contributed by atoms with van der Waals surface area (Å²) < 4.78 is 23.8. The Hall–Kier alpha value is -4.85. The van der Waals surface area contributed by atoms with E-state index in [4.69, 9.17) is 4.74 Å². The molecule has 7 nitrogen and oxygen atoms in total. The van der Waals surface area contributed by atoms with Gasteiger partial charge >= 0.3 is 0 Å². The van der Waals surface area contributed by atoms with E-state index >= 15 is 4.39 Å². The molecule has 1 aliphatic carbocycles. The highest BCUT2D eigenvalue weighted by molar-refractivity contribution is 6.32. The largest absolute Gasteiger partial charge is 0.507 e. The quantitative estimate of drug-likeness (QED) is 0.0539. The maximum Gasteiger partial charge on any atom is 0.202 e. The van der Waals surface area contributed by atoms with Gasteiger partial charge in [0.15, 0.2) is 11.6 Å². The van der Waals surface area contributed by atoms with Gasteiger partial charge < -0.3 is 25.6 Å². The van der Waals surface area contributed by atoms with Crippen molar-refractivity contribution in [1.82, 2.24) is 0 Å². The molecule has 0 saturated heterocycles. The van der Waals surface area contributed by atoms with E-state index in [0.717, 1.165) is 99.6 Å². The molecule has 0 spiro atoms. The highest BCUT2D eigenvalue weighted by Crippen LogP contribution is 2.50. The molecule has 0 amide bonds. The summed E-state index contributed by atoms with van der Waals surface area (Å²) in [7, 11) is 0. The van der Waals surface area contributed by atoms with E-state index in [1.165, 1.54) is 0 Å². The number of ether oxygens (including phenoxy) is 1. The minimum Gasteiger partial charge on any atom is -0.507 e. The molecule has 264 valence electrons. The van der Waals surface area contributed by atoms with Gasteiger partial charge in [0, 0.05) is 11.4 Å². The molecule has 0 aliphatic heterocycles. The lowest BCUT2D eigenvalue weighted by molar-refractivity contribution is 0.0967. The number of anilines is 4. The molecule has 4 aromatic carbocycles. The van der Waals surface area contributed by atoms with Crippen LogP contribution in [0.5, 0.6) is 17.2 Å². The van der Waals surface area contributed by atoms with E-state index in [1.54, 1.807) is 0 Å². The first kappa shape index (κ1) is 36.4. The van der Waals surface area contributed by atoms with Gasteiger partial charge in [-0.05, 0) is 67.5 Å². The first-order chi connectivity index (χ1) is 24.3. The van der Waals surface area contributed by atoms with Crippen molar-refractivity contribution in [3.8, 4) is 17.2 Å². The molecule has 0 aromatic heterocycles. The van der Waals surface area contributed by atoms with Gasteiger partial charge in [-0.1, -0.05) is 102 Å². The summed E-state index contributed by atoms with van der Waals surface area (Å²) in [5.41, 5.74) is 1.96. The molecular formula is C42H49FN2O5. The minimum absolute atomic E-state index is 0.0283. The average Bonchev–Trinajstić information content (AvgIpc) is 3.12. The number of fused-ring (bicyclic) bond motifs is 2. The fourth-order valence-electron chi connectivity index (χ4n) is 6.58. The van der Waals surface area contributed by atoms with Crippen LogP contribution < -0.4 is 15.4 Å². The topological polar surface area (TPSA) is 108 Å². The number of phenols is 2. The lowest BCUT2D eigenvalue weighted by atomic mass is 9.81. The highest BCUT2D eigenvalue weighted by Gasteiger charge is 2.42. The fourth-order valence-corrected chi connectivity index (χ4v) is 6.58. The first-order valence-corrected chi connectivity index (χ1v) is 18.2. The lowest BCUT2D eigenvalue weighted by Gasteiger charge is -2.28. The molecular weight excluding hydrogens is 631 g/mol. The zero-order chi connectivity index (χ0) is 35.6. The number of unbranched alkanes of at least 4 members (excludes halogenated alkanes) is 7. The zero-order valence-electron chi connectivity index (χ0n) is 29.5. The van der Waals surface area contributed by atoms with E-state index in [2.05, 4.69) is 31.4 Å². The van der Waals surface area contributed by atoms with E-state index in [0.29, 0.717) is 12.1 Å². The number of carbonyl (C=O) groups excluding carboxylic acids is 2.